The first-order chi connectivity index (χ1) is 14.5. The lowest BCUT2D eigenvalue weighted by Gasteiger charge is -2.10. The molecule has 2 aromatic heterocycles. The van der Waals surface area contributed by atoms with E-state index in [1.54, 1.807) is 43.6 Å². The van der Waals surface area contributed by atoms with Gasteiger partial charge in [-0.1, -0.05) is 0 Å². The summed E-state index contributed by atoms with van der Waals surface area (Å²) < 4.78 is 15.8. The van der Waals surface area contributed by atoms with Crippen molar-refractivity contribution < 1.29 is 23.8 Å². The van der Waals surface area contributed by atoms with Crippen LogP contribution in [-0.2, 0) is 0 Å². The summed E-state index contributed by atoms with van der Waals surface area (Å²) in [6.07, 6.45) is 1.73. The Hall–Kier alpha value is -3.68. The summed E-state index contributed by atoms with van der Waals surface area (Å²) in [5.41, 5.74) is 2.82. The van der Waals surface area contributed by atoms with Gasteiger partial charge in [-0.15, -0.1) is 0 Å². The molecule has 0 aliphatic carbocycles. The molecule has 3 rings (SSSR count). The van der Waals surface area contributed by atoms with Gasteiger partial charge >= 0.3 is 0 Å². The Balaban J connectivity index is 1.75. The average molecular weight is 409 g/mol. The third kappa shape index (κ3) is 4.32. The predicted octanol–water partition coefficient (Wildman–Crippen LogP) is 3.65. The zero-order chi connectivity index (χ0) is 21.7. The van der Waals surface area contributed by atoms with Crippen molar-refractivity contribution in [2.45, 2.75) is 19.8 Å². The number of aryl methyl sites for hydroxylation is 1. The zero-order valence-electron chi connectivity index (χ0n) is 17.3. The van der Waals surface area contributed by atoms with Crippen LogP contribution in [0, 0.1) is 6.92 Å². The van der Waals surface area contributed by atoms with E-state index in [4.69, 9.17) is 14.2 Å². The van der Waals surface area contributed by atoms with Crippen LogP contribution >= 0.6 is 0 Å². The number of aromatic nitrogens is 3. The number of ketones is 2. The van der Waals surface area contributed by atoms with Crippen LogP contribution in [0.4, 0.5) is 0 Å². The van der Waals surface area contributed by atoms with Crippen LogP contribution < -0.4 is 14.2 Å². The first kappa shape index (κ1) is 21.0. The maximum atomic E-state index is 12.7. The maximum absolute atomic E-state index is 12.7. The molecule has 0 spiro atoms. The number of carbonyl (C=O) groups is 2. The Labute approximate surface area is 174 Å². The highest BCUT2D eigenvalue weighted by Gasteiger charge is 2.18. The molecule has 0 unspecified atom stereocenters. The minimum absolute atomic E-state index is 0.0380. The quantitative estimate of drug-likeness (QED) is 0.538. The lowest BCUT2D eigenvalue weighted by molar-refractivity contribution is 0.0915. The number of aromatic amines is 1. The van der Waals surface area contributed by atoms with Crippen LogP contribution in [0.1, 0.15) is 39.4 Å². The molecule has 0 fully saturated rings. The molecule has 1 N–H and O–H groups in total. The molecular weight excluding hydrogens is 386 g/mol. The second-order valence-electron chi connectivity index (χ2n) is 6.57. The van der Waals surface area contributed by atoms with E-state index in [9.17, 15) is 9.59 Å². The van der Waals surface area contributed by atoms with Gasteiger partial charge in [0.15, 0.2) is 23.1 Å². The number of nitrogens with one attached hydrogen (secondary N) is 1. The standard InChI is InChI=1S/C22H23N3O5/c1-13-15(12-23-25-13)22-20(29-3)10-6-16(24-22)18(27)8-7-17(26)14-5-9-19(28-2)21(11-14)30-4/h5-6,9-12H,7-8H2,1-4H3,(H,23,25). The molecule has 156 valence electrons. The fraction of sp³-hybridized carbons (Fsp3) is 0.273. The van der Waals surface area contributed by atoms with E-state index in [0.717, 1.165) is 11.3 Å². The van der Waals surface area contributed by atoms with E-state index >= 15 is 0 Å². The lowest BCUT2D eigenvalue weighted by atomic mass is 10.0. The van der Waals surface area contributed by atoms with Crippen molar-refractivity contribution in [3.8, 4) is 28.5 Å². The molecule has 0 amide bonds. The van der Waals surface area contributed by atoms with E-state index in [2.05, 4.69) is 15.2 Å². The summed E-state index contributed by atoms with van der Waals surface area (Å²) in [6, 6.07) is 8.22. The van der Waals surface area contributed by atoms with Gasteiger partial charge in [0.25, 0.3) is 0 Å². The molecule has 0 saturated heterocycles. The molecule has 0 saturated carbocycles. The fourth-order valence-electron chi connectivity index (χ4n) is 3.06. The second-order valence-corrected chi connectivity index (χ2v) is 6.57. The maximum Gasteiger partial charge on any atom is 0.181 e. The van der Waals surface area contributed by atoms with Gasteiger partial charge in [-0.3, -0.25) is 14.7 Å². The summed E-state index contributed by atoms with van der Waals surface area (Å²) in [5, 5.41) is 6.85. The molecule has 0 bridgehead atoms. The van der Waals surface area contributed by atoms with Crippen molar-refractivity contribution >= 4 is 11.6 Å². The van der Waals surface area contributed by atoms with Gasteiger partial charge in [-0.2, -0.15) is 5.10 Å². The molecule has 0 aliphatic rings. The molecule has 8 heteroatoms. The van der Waals surface area contributed by atoms with Crippen LogP contribution in [0.3, 0.4) is 0 Å². The van der Waals surface area contributed by atoms with Crippen molar-refractivity contribution in [3.63, 3.8) is 0 Å². The minimum atomic E-state index is -0.228. The van der Waals surface area contributed by atoms with E-state index in [1.165, 1.54) is 14.2 Å². The predicted molar refractivity (Wildman–Crippen MR) is 111 cm³/mol. The number of H-pyrrole nitrogens is 1. The van der Waals surface area contributed by atoms with Gasteiger partial charge < -0.3 is 14.2 Å². The molecule has 0 atom stereocenters. The topological polar surface area (TPSA) is 103 Å². The molecule has 30 heavy (non-hydrogen) atoms. The average Bonchev–Trinajstić information content (AvgIpc) is 3.21. The number of methoxy groups -OCH3 is 3. The number of benzene rings is 1. The van der Waals surface area contributed by atoms with Crippen molar-refractivity contribution in [2.75, 3.05) is 21.3 Å². The Morgan fingerprint density at radius 1 is 0.900 bits per heavy atom. The van der Waals surface area contributed by atoms with Gasteiger partial charge in [-0.25, -0.2) is 4.98 Å². The first-order valence-electron chi connectivity index (χ1n) is 9.32. The molecule has 8 nitrogen and oxygen atoms in total. The Morgan fingerprint density at radius 3 is 2.20 bits per heavy atom. The first-order valence-corrected chi connectivity index (χ1v) is 9.32. The smallest absolute Gasteiger partial charge is 0.181 e. The number of pyridine rings is 1. The van der Waals surface area contributed by atoms with Crippen molar-refractivity contribution in [1.82, 2.24) is 15.2 Å². The highest BCUT2D eigenvalue weighted by Crippen LogP contribution is 2.30. The van der Waals surface area contributed by atoms with Crippen LogP contribution in [0.2, 0.25) is 0 Å². The molecule has 1 aromatic carbocycles. The third-order valence-electron chi connectivity index (χ3n) is 4.73. The fourth-order valence-corrected chi connectivity index (χ4v) is 3.06. The Bertz CT molecular complexity index is 1070. The number of ether oxygens (including phenoxy) is 3. The molecule has 0 radical (unpaired) electrons. The number of hydrogen-bond acceptors (Lipinski definition) is 7. The van der Waals surface area contributed by atoms with E-state index in [-0.39, 0.29) is 30.1 Å². The van der Waals surface area contributed by atoms with Crippen LogP contribution in [0.5, 0.6) is 17.2 Å². The number of hydrogen-bond donors (Lipinski definition) is 1. The van der Waals surface area contributed by atoms with Crippen LogP contribution in [0.15, 0.2) is 36.5 Å². The highest BCUT2D eigenvalue weighted by atomic mass is 16.5. The van der Waals surface area contributed by atoms with E-state index in [1.807, 2.05) is 6.92 Å². The van der Waals surface area contributed by atoms with Crippen LogP contribution in [-0.4, -0.2) is 48.1 Å². The number of Topliss-reactive ketones (excluding diaryl/α,β-unsaturated/α-hetero) is 2. The summed E-state index contributed by atoms with van der Waals surface area (Å²) in [6.45, 7) is 1.86. The lowest BCUT2D eigenvalue weighted by Crippen LogP contribution is -2.08. The number of rotatable bonds is 9. The summed E-state index contributed by atoms with van der Waals surface area (Å²) in [7, 11) is 4.57. The van der Waals surface area contributed by atoms with Crippen molar-refractivity contribution in [2.24, 2.45) is 0 Å². The summed E-state index contributed by atoms with van der Waals surface area (Å²) in [4.78, 5) is 29.7. The van der Waals surface area contributed by atoms with Gasteiger partial charge in [0.1, 0.15) is 17.1 Å². The minimum Gasteiger partial charge on any atom is -0.494 e. The largest absolute Gasteiger partial charge is 0.494 e. The number of carbonyl (C=O) groups excluding carboxylic acids is 2. The molecule has 2 heterocycles. The summed E-state index contributed by atoms with van der Waals surface area (Å²) >= 11 is 0. The van der Waals surface area contributed by atoms with Crippen LogP contribution in [0.25, 0.3) is 11.3 Å². The molecule has 3 aromatic rings. The van der Waals surface area contributed by atoms with Gasteiger partial charge in [-0.05, 0) is 37.3 Å². The third-order valence-corrected chi connectivity index (χ3v) is 4.73. The monoisotopic (exact) mass is 409 g/mol. The van der Waals surface area contributed by atoms with Crippen molar-refractivity contribution in [1.29, 1.82) is 0 Å². The Morgan fingerprint density at radius 2 is 1.57 bits per heavy atom. The van der Waals surface area contributed by atoms with Gasteiger partial charge in [0, 0.05) is 29.7 Å². The molecule has 0 aliphatic heterocycles. The normalized spacial score (nSPS) is 10.5. The van der Waals surface area contributed by atoms with E-state index < -0.39 is 0 Å². The van der Waals surface area contributed by atoms with Gasteiger partial charge in [0.05, 0.1) is 27.5 Å². The van der Waals surface area contributed by atoms with Gasteiger partial charge in [0.2, 0.25) is 0 Å². The second kappa shape index (κ2) is 9.21. The van der Waals surface area contributed by atoms with Crippen molar-refractivity contribution in [3.05, 3.63) is 53.5 Å². The number of nitrogens with zero attached hydrogens (tertiary/aromatic N) is 2. The summed E-state index contributed by atoms with van der Waals surface area (Å²) in [5.74, 6) is 1.15. The Kier molecular flexibility index (Phi) is 6.46. The zero-order valence-corrected chi connectivity index (χ0v) is 17.3. The van der Waals surface area contributed by atoms with E-state index in [0.29, 0.717) is 28.5 Å². The molecular formula is C22H23N3O5. The SMILES string of the molecule is COc1ccc(C(=O)CCC(=O)c2ccc(OC)c(-c3cn[nH]c3C)n2)cc1OC. The highest BCUT2D eigenvalue weighted by molar-refractivity contribution is 6.02.